The molecule has 1 unspecified atom stereocenters. The first kappa shape index (κ1) is 47.8. The maximum atomic E-state index is 7.91. The first-order chi connectivity index (χ1) is 33.8. The Kier molecular flexibility index (Phi) is 10.8. The second-order valence-corrected chi connectivity index (χ2v) is 26.7. The van der Waals surface area contributed by atoms with Crippen LogP contribution in [-0.2, 0) is 22.7 Å². The number of anilines is 6. The van der Waals surface area contributed by atoms with E-state index >= 15 is 0 Å². The average molecular weight is 948 g/mol. The second-order valence-electron chi connectivity index (χ2n) is 26.7. The normalized spacial score (nSPS) is 16.3. The zero-order valence-corrected chi connectivity index (χ0v) is 45.9. The largest absolute Gasteiger partial charge is 0.466 e. The van der Waals surface area contributed by atoms with Gasteiger partial charge in [0, 0.05) is 56.2 Å². The highest BCUT2D eigenvalue weighted by Gasteiger charge is 2.47. The molecule has 1 aliphatic carbocycles. The quantitative estimate of drug-likeness (QED) is 0.164. The van der Waals surface area contributed by atoms with E-state index in [1.54, 1.807) is 0 Å². The summed E-state index contributed by atoms with van der Waals surface area (Å²) >= 11 is 0. The van der Waals surface area contributed by atoms with Crippen molar-refractivity contribution in [3.8, 4) is 0 Å². The van der Waals surface area contributed by atoms with Crippen LogP contribution < -0.4 is 26.4 Å². The highest BCUT2D eigenvalue weighted by Crippen LogP contribution is 2.50. The summed E-state index contributed by atoms with van der Waals surface area (Å²) < 4.78 is 10.4. The zero-order chi connectivity index (χ0) is 51.2. The summed E-state index contributed by atoms with van der Waals surface area (Å²) in [5.41, 5.74) is 21.6. The van der Waals surface area contributed by atoms with Crippen LogP contribution in [0.3, 0.4) is 0 Å². The van der Waals surface area contributed by atoms with Crippen molar-refractivity contribution in [3.05, 3.63) is 167 Å². The van der Waals surface area contributed by atoms with E-state index in [0.717, 1.165) is 51.3 Å². The fourth-order valence-electron chi connectivity index (χ4n) is 12.1. The lowest BCUT2D eigenvalue weighted by Gasteiger charge is -2.43. The maximum absolute atomic E-state index is 7.91. The Morgan fingerprint density at radius 3 is 1.74 bits per heavy atom. The van der Waals surface area contributed by atoms with Gasteiger partial charge in [-0.05, 0) is 146 Å². The minimum Gasteiger partial charge on any atom is -0.466 e. The summed E-state index contributed by atoms with van der Waals surface area (Å²) in [6.45, 7) is 36.9. The smallest absolute Gasteiger partial charge is 0.297 e. The maximum Gasteiger partial charge on any atom is 0.297 e. The predicted octanol–water partition coefficient (Wildman–Crippen LogP) is 17.1. The van der Waals surface area contributed by atoms with Crippen LogP contribution in [0.5, 0.6) is 0 Å². The van der Waals surface area contributed by atoms with E-state index < -0.39 is 0 Å². The molecule has 0 N–H and O–H groups in total. The molecule has 3 aliphatic rings. The molecule has 6 aromatic carbocycles. The van der Waals surface area contributed by atoms with E-state index in [1.807, 2.05) is 0 Å². The molecule has 8 aromatic rings. The molecule has 0 saturated carbocycles. The summed E-state index contributed by atoms with van der Waals surface area (Å²) in [7, 11) is 0. The molecule has 4 nitrogen and oxygen atoms in total. The number of benzene rings is 6. The van der Waals surface area contributed by atoms with Gasteiger partial charge in [-0.1, -0.05) is 176 Å². The Morgan fingerprint density at radius 1 is 0.556 bits per heavy atom. The van der Waals surface area contributed by atoms with Crippen LogP contribution in [0.2, 0.25) is 0 Å². The topological polar surface area (TPSA) is 24.6 Å². The second kappa shape index (κ2) is 16.3. The Balaban J connectivity index is 1.25. The lowest BCUT2D eigenvalue weighted by Crippen LogP contribution is -2.61. The van der Waals surface area contributed by atoms with Gasteiger partial charge in [0.25, 0.3) is 6.71 Å². The molecule has 0 radical (unpaired) electrons. The summed E-state index contributed by atoms with van der Waals surface area (Å²) in [5.74, 6) is 0.306. The molecule has 2 aromatic heterocycles. The van der Waals surface area contributed by atoms with Crippen molar-refractivity contribution < 1.29 is 4.42 Å². The lowest BCUT2D eigenvalue weighted by molar-refractivity contribution is 0.330. The van der Waals surface area contributed by atoms with Crippen LogP contribution in [0, 0.1) is 16.7 Å². The van der Waals surface area contributed by atoms with E-state index in [4.69, 9.17) is 4.42 Å². The highest BCUT2D eigenvalue weighted by atomic mass is 16.3. The molecule has 0 bridgehead atoms. The summed E-state index contributed by atoms with van der Waals surface area (Å²) in [6, 6.07) is 44.6. The molecule has 1 atom stereocenters. The van der Waals surface area contributed by atoms with Gasteiger partial charge in [-0.25, -0.2) is 0 Å². The van der Waals surface area contributed by atoms with Gasteiger partial charge in [0.05, 0.1) is 22.4 Å². The fraction of sp³-hybridized carbons (Fsp3) is 0.343. The molecule has 0 spiro atoms. The van der Waals surface area contributed by atoms with Crippen molar-refractivity contribution in [3.63, 3.8) is 0 Å². The fourth-order valence-corrected chi connectivity index (χ4v) is 12.1. The van der Waals surface area contributed by atoms with Gasteiger partial charge in [-0.2, -0.15) is 0 Å². The molecular weight excluding hydrogens is 874 g/mol. The summed E-state index contributed by atoms with van der Waals surface area (Å²) in [4.78, 5) is 5.03. The van der Waals surface area contributed by atoms with Crippen LogP contribution in [0.15, 0.2) is 150 Å². The summed E-state index contributed by atoms with van der Waals surface area (Å²) in [5, 5.41) is 3.56. The van der Waals surface area contributed by atoms with Crippen LogP contribution in [0.4, 0.5) is 34.1 Å². The van der Waals surface area contributed by atoms with E-state index in [9.17, 15) is 0 Å². The molecular formula is C67H74BN3O. The third-order valence-corrected chi connectivity index (χ3v) is 15.8. The molecule has 11 rings (SSSR count). The van der Waals surface area contributed by atoms with Crippen molar-refractivity contribution in [2.75, 3.05) is 9.80 Å². The van der Waals surface area contributed by atoms with Crippen molar-refractivity contribution in [2.45, 2.75) is 133 Å². The van der Waals surface area contributed by atoms with Crippen molar-refractivity contribution in [1.82, 2.24) is 4.57 Å². The van der Waals surface area contributed by atoms with Crippen LogP contribution in [-0.4, -0.2) is 11.3 Å². The SMILES string of the molecule is CC1=CC=C(n2c3ccc(CC(C)(C)C)cc3c3ccc4c5c(oc4c32)B2c3cc(C(C)(C)C)ccc3N(c3ccc(C(C)(C)C)cc3)c3cccc(c32)N5c2ccc(C(C)(C)C)cc2)C=CC1C(C)(C)C. The molecule has 366 valence electrons. The minimum absolute atomic E-state index is 0.00989. The molecule has 0 fully saturated rings. The van der Waals surface area contributed by atoms with Crippen LogP contribution >= 0.6 is 0 Å². The van der Waals surface area contributed by atoms with Gasteiger partial charge in [0.2, 0.25) is 0 Å². The van der Waals surface area contributed by atoms with E-state index in [0.29, 0.717) is 5.92 Å². The van der Waals surface area contributed by atoms with E-state index in [-0.39, 0.29) is 33.8 Å². The Bertz CT molecular complexity index is 3580. The zero-order valence-electron chi connectivity index (χ0n) is 45.9. The van der Waals surface area contributed by atoms with Crippen LogP contribution in [0.25, 0.3) is 38.5 Å². The van der Waals surface area contributed by atoms with Gasteiger partial charge in [-0.15, -0.1) is 0 Å². The van der Waals surface area contributed by atoms with Crippen molar-refractivity contribution >= 4 is 95.9 Å². The van der Waals surface area contributed by atoms with E-state index in [2.05, 4.69) is 265 Å². The predicted molar refractivity (Wildman–Crippen MR) is 313 cm³/mol. The molecule has 2 aliphatic heterocycles. The first-order valence-corrected chi connectivity index (χ1v) is 26.5. The number of allylic oxidation sites excluding steroid dienone is 6. The van der Waals surface area contributed by atoms with Crippen molar-refractivity contribution in [2.24, 2.45) is 16.7 Å². The van der Waals surface area contributed by atoms with Crippen molar-refractivity contribution in [1.29, 1.82) is 0 Å². The number of rotatable bonds is 4. The van der Waals surface area contributed by atoms with Gasteiger partial charge in [-0.3, -0.25) is 0 Å². The first-order valence-electron chi connectivity index (χ1n) is 26.5. The minimum atomic E-state index is -0.174. The molecule has 0 amide bonds. The number of hydrogen-bond acceptors (Lipinski definition) is 3. The highest BCUT2D eigenvalue weighted by molar-refractivity contribution is 7.00. The van der Waals surface area contributed by atoms with Gasteiger partial charge in [0.1, 0.15) is 0 Å². The number of hydrogen-bond donors (Lipinski definition) is 0. The molecule has 4 heterocycles. The third kappa shape index (κ3) is 7.89. The number of fused-ring (bicyclic) bond motifs is 10. The number of nitrogens with zero attached hydrogens (tertiary/aromatic N) is 3. The molecule has 72 heavy (non-hydrogen) atoms. The number of aromatic nitrogens is 1. The standard InChI is InChI=1S/C67H74BN3O/c1-41-20-27-47(32-35-52(41)67(14,15)16)70-54-36-21-42(40-63(2,3)4)38-51(54)49-33-34-50-60-62(72-61(50)59(49)70)68-53-39-45(66(11,12)13)26-37-55(53)69(46-28-22-43(23-29-46)64(5,6)7)56-18-17-19-57(58(56)68)71(60)48-30-24-44(25-31-48)65(8,9)10/h17-39,52H,40H2,1-16H3. The third-order valence-electron chi connectivity index (χ3n) is 15.8. The monoisotopic (exact) mass is 948 g/mol. The molecule has 0 saturated heterocycles. The number of furan rings is 1. The average Bonchev–Trinajstić information content (AvgIpc) is 3.76. The van der Waals surface area contributed by atoms with Gasteiger partial charge in [0.15, 0.2) is 5.58 Å². The lowest BCUT2D eigenvalue weighted by atomic mass is 9.35. The summed E-state index contributed by atoms with van der Waals surface area (Å²) in [6.07, 6.45) is 10.5. The molecule has 5 heteroatoms. The van der Waals surface area contributed by atoms with E-state index in [1.165, 1.54) is 72.1 Å². The van der Waals surface area contributed by atoms with Gasteiger partial charge >= 0.3 is 0 Å². The Labute approximate surface area is 430 Å². The van der Waals surface area contributed by atoms with Gasteiger partial charge < -0.3 is 18.8 Å². The Hall–Kier alpha value is -6.46. The van der Waals surface area contributed by atoms with Crippen LogP contribution in [0.1, 0.15) is 133 Å². The Morgan fingerprint density at radius 2 is 1.14 bits per heavy atom.